The van der Waals surface area contributed by atoms with Crippen LogP contribution in [-0.2, 0) is 9.53 Å². The van der Waals surface area contributed by atoms with E-state index in [1.807, 2.05) is 0 Å². The van der Waals surface area contributed by atoms with E-state index in [-0.39, 0.29) is 25.0 Å². The third-order valence-corrected chi connectivity index (χ3v) is 1.80. The van der Waals surface area contributed by atoms with Crippen LogP contribution in [0, 0.1) is 0 Å². The molecule has 4 heteroatoms. The van der Waals surface area contributed by atoms with Crippen LogP contribution in [0.25, 0.3) is 0 Å². The van der Waals surface area contributed by atoms with Crippen molar-refractivity contribution >= 4 is 5.97 Å². The minimum Gasteiger partial charge on any atom is -0.463 e. The lowest BCUT2D eigenvalue weighted by molar-refractivity contribution is -0.138. The Kier molecular flexibility index (Phi) is 3.17. The molecule has 0 bridgehead atoms. The summed E-state index contributed by atoms with van der Waals surface area (Å²) in [6.07, 6.45) is -0.0000203. The highest BCUT2D eigenvalue weighted by Crippen LogP contribution is 2.28. The average molecular weight is 188 g/mol. The molecule has 1 aliphatic carbocycles. The maximum atomic E-state index is 12.1. The van der Waals surface area contributed by atoms with Crippen molar-refractivity contribution in [3.05, 3.63) is 23.3 Å². The van der Waals surface area contributed by atoms with Gasteiger partial charge in [0.25, 0.3) is 6.08 Å². The first kappa shape index (κ1) is 9.89. The molecule has 0 unspecified atom stereocenters. The van der Waals surface area contributed by atoms with Gasteiger partial charge in [0.2, 0.25) is 0 Å². The lowest BCUT2D eigenvalue weighted by Crippen LogP contribution is -2.05. The quantitative estimate of drug-likeness (QED) is 0.622. The predicted molar refractivity (Wildman–Crippen MR) is 43.2 cm³/mol. The van der Waals surface area contributed by atoms with Crippen molar-refractivity contribution in [2.45, 2.75) is 19.8 Å². The van der Waals surface area contributed by atoms with Gasteiger partial charge >= 0.3 is 5.97 Å². The molecule has 0 aliphatic heterocycles. The fourth-order valence-corrected chi connectivity index (χ4v) is 1.14. The maximum Gasteiger partial charge on any atom is 0.334 e. The van der Waals surface area contributed by atoms with E-state index in [2.05, 4.69) is 4.74 Å². The monoisotopic (exact) mass is 188 g/mol. The summed E-state index contributed by atoms with van der Waals surface area (Å²) in [5, 5.41) is 0. The number of ether oxygens (including phenoxy) is 1. The van der Waals surface area contributed by atoms with Gasteiger partial charge in [0.15, 0.2) is 0 Å². The van der Waals surface area contributed by atoms with E-state index in [0.717, 1.165) is 0 Å². The second-order valence-corrected chi connectivity index (χ2v) is 2.69. The Hall–Kier alpha value is -1.19. The van der Waals surface area contributed by atoms with E-state index < -0.39 is 12.0 Å². The molecule has 0 N–H and O–H groups in total. The summed E-state index contributed by atoms with van der Waals surface area (Å²) in [6.45, 7) is 1.95. The second kappa shape index (κ2) is 4.16. The van der Waals surface area contributed by atoms with Crippen molar-refractivity contribution in [1.29, 1.82) is 0 Å². The molecule has 0 aromatic rings. The molecule has 0 atom stereocenters. The zero-order chi connectivity index (χ0) is 9.84. The summed E-state index contributed by atoms with van der Waals surface area (Å²) < 4.78 is 28.8. The second-order valence-electron chi connectivity index (χ2n) is 2.69. The van der Waals surface area contributed by atoms with Crippen molar-refractivity contribution in [2.24, 2.45) is 0 Å². The molecule has 13 heavy (non-hydrogen) atoms. The number of halogens is 2. The van der Waals surface area contributed by atoms with Gasteiger partial charge < -0.3 is 4.74 Å². The van der Waals surface area contributed by atoms with Crippen molar-refractivity contribution in [3.8, 4) is 0 Å². The van der Waals surface area contributed by atoms with Crippen LogP contribution in [0.1, 0.15) is 19.8 Å². The normalized spacial score (nSPS) is 15.6. The number of carbonyl (C=O) groups excluding carboxylic acids is 1. The van der Waals surface area contributed by atoms with Gasteiger partial charge in [-0.15, -0.1) is 0 Å². The third kappa shape index (κ3) is 2.37. The number of esters is 1. The molecular formula is C9H10F2O2. The summed E-state index contributed by atoms with van der Waals surface area (Å²) in [6, 6.07) is 0. The highest BCUT2D eigenvalue weighted by atomic mass is 19.3. The van der Waals surface area contributed by atoms with Crippen molar-refractivity contribution < 1.29 is 18.3 Å². The van der Waals surface area contributed by atoms with Crippen LogP contribution < -0.4 is 0 Å². The van der Waals surface area contributed by atoms with Crippen molar-refractivity contribution in [3.63, 3.8) is 0 Å². The summed E-state index contributed by atoms with van der Waals surface area (Å²) in [5.41, 5.74) is 0.354. The number of allylic oxidation sites excluding steroid dienone is 2. The van der Waals surface area contributed by atoms with Gasteiger partial charge in [-0.3, -0.25) is 0 Å². The van der Waals surface area contributed by atoms with Crippen LogP contribution in [0.3, 0.4) is 0 Å². The Labute approximate surface area is 74.9 Å². The molecular weight excluding hydrogens is 178 g/mol. The van der Waals surface area contributed by atoms with Crippen LogP contribution >= 0.6 is 0 Å². The number of carbonyl (C=O) groups is 1. The minimum absolute atomic E-state index is 0.0167. The first-order valence-electron chi connectivity index (χ1n) is 4.04. The molecule has 0 saturated heterocycles. The lowest BCUT2D eigenvalue weighted by atomic mass is 10.2. The summed E-state index contributed by atoms with van der Waals surface area (Å²) in [5.74, 6) is -0.487. The predicted octanol–water partition coefficient (Wildman–Crippen LogP) is 2.42. The zero-order valence-corrected chi connectivity index (χ0v) is 7.27. The van der Waals surface area contributed by atoms with E-state index in [1.54, 1.807) is 6.92 Å². The van der Waals surface area contributed by atoms with Gasteiger partial charge in [-0.25, -0.2) is 4.79 Å². The SMILES string of the molecule is CCOC(=O)C1=CCC(=C(F)F)C1. The Balaban J connectivity index is 2.59. The standard InChI is InChI=1S/C9H10F2O2/c1-2-13-9(12)7-4-3-6(5-7)8(10)11/h4H,2-3,5H2,1H3. The van der Waals surface area contributed by atoms with Crippen LogP contribution in [0.4, 0.5) is 8.78 Å². The van der Waals surface area contributed by atoms with Crippen LogP contribution in [0.5, 0.6) is 0 Å². The maximum absolute atomic E-state index is 12.1. The molecule has 0 aromatic heterocycles. The molecule has 1 rings (SSSR count). The first-order chi connectivity index (χ1) is 6.15. The van der Waals surface area contributed by atoms with Crippen LogP contribution in [0.2, 0.25) is 0 Å². The summed E-state index contributed by atoms with van der Waals surface area (Å²) in [7, 11) is 0. The molecule has 0 spiro atoms. The molecule has 0 heterocycles. The largest absolute Gasteiger partial charge is 0.463 e. The molecule has 0 saturated carbocycles. The van der Waals surface area contributed by atoms with E-state index in [1.165, 1.54) is 6.08 Å². The van der Waals surface area contributed by atoms with Gasteiger partial charge in [0.05, 0.1) is 6.61 Å². The Morgan fingerprint density at radius 1 is 1.62 bits per heavy atom. The van der Waals surface area contributed by atoms with Crippen LogP contribution in [0.15, 0.2) is 23.3 Å². The van der Waals surface area contributed by atoms with Crippen molar-refractivity contribution in [2.75, 3.05) is 6.61 Å². The zero-order valence-electron chi connectivity index (χ0n) is 7.27. The van der Waals surface area contributed by atoms with Gasteiger partial charge in [0.1, 0.15) is 0 Å². The molecule has 0 aromatic carbocycles. The van der Waals surface area contributed by atoms with E-state index in [9.17, 15) is 13.6 Å². The highest BCUT2D eigenvalue weighted by Gasteiger charge is 2.20. The third-order valence-electron chi connectivity index (χ3n) is 1.80. The summed E-state index contributed by atoms with van der Waals surface area (Å²) >= 11 is 0. The average Bonchev–Trinajstić information content (AvgIpc) is 2.52. The topological polar surface area (TPSA) is 26.3 Å². The van der Waals surface area contributed by atoms with Gasteiger partial charge in [-0.05, 0) is 13.3 Å². The molecule has 0 radical (unpaired) electrons. The van der Waals surface area contributed by atoms with E-state index >= 15 is 0 Å². The summed E-state index contributed by atoms with van der Waals surface area (Å²) in [4.78, 5) is 11.1. The Morgan fingerprint density at radius 2 is 2.31 bits per heavy atom. The molecule has 2 nitrogen and oxygen atoms in total. The number of hydrogen-bond donors (Lipinski definition) is 0. The Bertz CT molecular complexity index is 275. The van der Waals surface area contributed by atoms with Gasteiger partial charge in [-0.1, -0.05) is 6.08 Å². The minimum atomic E-state index is -1.68. The molecule has 0 amide bonds. The van der Waals surface area contributed by atoms with E-state index in [4.69, 9.17) is 0 Å². The molecule has 72 valence electrons. The molecule has 0 fully saturated rings. The lowest BCUT2D eigenvalue weighted by Gasteiger charge is -2.00. The van der Waals surface area contributed by atoms with Gasteiger partial charge in [0, 0.05) is 17.6 Å². The van der Waals surface area contributed by atoms with Crippen molar-refractivity contribution in [1.82, 2.24) is 0 Å². The van der Waals surface area contributed by atoms with Crippen LogP contribution in [-0.4, -0.2) is 12.6 Å². The van der Waals surface area contributed by atoms with Gasteiger partial charge in [-0.2, -0.15) is 8.78 Å². The first-order valence-corrected chi connectivity index (χ1v) is 4.04. The fraction of sp³-hybridized carbons (Fsp3) is 0.444. The highest BCUT2D eigenvalue weighted by molar-refractivity contribution is 5.89. The number of hydrogen-bond acceptors (Lipinski definition) is 2. The number of rotatable bonds is 2. The Morgan fingerprint density at radius 3 is 2.77 bits per heavy atom. The molecule has 1 aliphatic rings. The smallest absolute Gasteiger partial charge is 0.334 e. The van der Waals surface area contributed by atoms with E-state index in [0.29, 0.717) is 5.57 Å². The fourth-order valence-electron chi connectivity index (χ4n) is 1.14.